The van der Waals surface area contributed by atoms with E-state index >= 15 is 0 Å². The molecular formula is C34H23N. The Morgan fingerprint density at radius 2 is 0.971 bits per heavy atom. The van der Waals surface area contributed by atoms with Crippen LogP contribution in [0.4, 0.5) is 17.1 Å². The standard InChI is InChI=1S/C34H23N/c1-3-10-28-20(6-1)12-24-15-25-16-26-18-33-27(17-29(26)31(25)19-30(24)28)14-23-9-5-8-22-13-21-7-2-4-11-32(21)35(33)34(22)23/h1-11,15,17-19H,12-14,16H2. The average Bonchev–Trinajstić information content (AvgIpc) is 3.42. The largest absolute Gasteiger partial charge is 0.309 e. The van der Waals surface area contributed by atoms with Crippen LogP contribution < -0.4 is 4.90 Å². The summed E-state index contributed by atoms with van der Waals surface area (Å²) >= 11 is 0. The topological polar surface area (TPSA) is 3.24 Å². The maximum absolute atomic E-state index is 2.56. The van der Waals surface area contributed by atoms with Gasteiger partial charge in [0.15, 0.2) is 0 Å². The van der Waals surface area contributed by atoms with Crippen LogP contribution in [0.1, 0.15) is 44.5 Å². The van der Waals surface area contributed by atoms with Crippen molar-refractivity contribution in [2.45, 2.75) is 25.7 Å². The molecule has 0 unspecified atom stereocenters. The van der Waals surface area contributed by atoms with E-state index in [1.54, 1.807) is 0 Å². The first-order valence-corrected chi connectivity index (χ1v) is 12.7. The predicted molar refractivity (Wildman–Crippen MR) is 143 cm³/mol. The zero-order valence-corrected chi connectivity index (χ0v) is 19.4. The summed E-state index contributed by atoms with van der Waals surface area (Å²) in [6.45, 7) is 0. The fraction of sp³-hybridized carbons (Fsp3) is 0.118. The zero-order chi connectivity index (χ0) is 22.7. The molecule has 35 heavy (non-hydrogen) atoms. The SMILES string of the molecule is c1ccc2c(c1)Cc1cc3c(cc1-2)-c1cc2c(cc1C3)N1c3ccccc3Cc3cccc(c31)C2. The lowest BCUT2D eigenvalue weighted by Gasteiger charge is -2.39. The van der Waals surface area contributed by atoms with E-state index in [1.165, 1.54) is 83.8 Å². The number of benzene rings is 5. The van der Waals surface area contributed by atoms with Gasteiger partial charge in [-0.1, -0.05) is 66.7 Å². The molecule has 0 bridgehead atoms. The van der Waals surface area contributed by atoms with Crippen molar-refractivity contribution in [3.8, 4) is 22.3 Å². The molecule has 0 saturated carbocycles. The van der Waals surface area contributed by atoms with Gasteiger partial charge in [-0.15, -0.1) is 0 Å². The van der Waals surface area contributed by atoms with Gasteiger partial charge in [0.2, 0.25) is 0 Å². The van der Waals surface area contributed by atoms with E-state index in [9.17, 15) is 0 Å². The molecule has 2 aliphatic carbocycles. The van der Waals surface area contributed by atoms with Gasteiger partial charge in [-0.2, -0.15) is 0 Å². The highest BCUT2D eigenvalue weighted by molar-refractivity contribution is 5.93. The van der Waals surface area contributed by atoms with E-state index in [0.29, 0.717) is 0 Å². The minimum absolute atomic E-state index is 1.01. The highest BCUT2D eigenvalue weighted by Crippen LogP contribution is 2.53. The molecule has 0 atom stereocenters. The third-order valence-electron chi connectivity index (χ3n) is 8.66. The summed E-state index contributed by atoms with van der Waals surface area (Å²) in [5.41, 5.74) is 21.6. The van der Waals surface area contributed by atoms with Crippen LogP contribution >= 0.6 is 0 Å². The first kappa shape index (κ1) is 18.3. The molecule has 0 N–H and O–H groups in total. The fourth-order valence-electron chi connectivity index (χ4n) is 7.14. The van der Waals surface area contributed by atoms with Crippen molar-refractivity contribution >= 4 is 17.1 Å². The Balaban J connectivity index is 1.25. The molecule has 164 valence electrons. The highest BCUT2D eigenvalue weighted by atomic mass is 15.2. The van der Waals surface area contributed by atoms with Gasteiger partial charge in [0.05, 0.1) is 11.4 Å². The Morgan fingerprint density at radius 3 is 1.86 bits per heavy atom. The van der Waals surface area contributed by atoms with Gasteiger partial charge < -0.3 is 4.90 Å². The number of fused-ring (bicyclic) bond motifs is 10. The van der Waals surface area contributed by atoms with Crippen molar-refractivity contribution in [1.29, 1.82) is 0 Å². The molecule has 0 spiro atoms. The van der Waals surface area contributed by atoms with E-state index < -0.39 is 0 Å². The molecule has 0 radical (unpaired) electrons. The first-order valence-electron chi connectivity index (χ1n) is 12.7. The van der Waals surface area contributed by atoms with Gasteiger partial charge >= 0.3 is 0 Å². The van der Waals surface area contributed by atoms with Crippen LogP contribution in [0.15, 0.2) is 91.0 Å². The molecule has 1 nitrogen and oxygen atoms in total. The Bertz CT molecular complexity index is 1760. The van der Waals surface area contributed by atoms with Gasteiger partial charge in [0.1, 0.15) is 0 Å². The van der Waals surface area contributed by atoms with Crippen LogP contribution in [0.25, 0.3) is 22.3 Å². The lowest BCUT2D eigenvalue weighted by molar-refractivity contribution is 1.01. The molecule has 2 aliphatic heterocycles. The monoisotopic (exact) mass is 445 g/mol. The predicted octanol–water partition coefficient (Wildman–Crippen LogP) is 8.11. The van der Waals surface area contributed by atoms with Crippen LogP contribution in [0.5, 0.6) is 0 Å². The molecule has 4 aliphatic rings. The number of hydrogen-bond acceptors (Lipinski definition) is 1. The number of nitrogens with zero attached hydrogens (tertiary/aromatic N) is 1. The van der Waals surface area contributed by atoms with Crippen LogP contribution in [-0.4, -0.2) is 0 Å². The fourth-order valence-corrected chi connectivity index (χ4v) is 7.14. The first-order chi connectivity index (χ1) is 17.3. The summed E-state index contributed by atoms with van der Waals surface area (Å²) in [6.07, 6.45) is 4.13. The van der Waals surface area contributed by atoms with E-state index in [-0.39, 0.29) is 0 Å². The maximum Gasteiger partial charge on any atom is 0.0532 e. The van der Waals surface area contributed by atoms with Crippen molar-refractivity contribution in [2.75, 3.05) is 4.90 Å². The number of para-hydroxylation sites is 2. The quantitative estimate of drug-likeness (QED) is 0.228. The molecule has 5 aromatic carbocycles. The molecule has 0 saturated heterocycles. The van der Waals surface area contributed by atoms with Gasteiger partial charge in [0.25, 0.3) is 0 Å². The van der Waals surface area contributed by atoms with E-state index in [0.717, 1.165) is 25.7 Å². The minimum Gasteiger partial charge on any atom is -0.309 e. The van der Waals surface area contributed by atoms with Crippen molar-refractivity contribution in [1.82, 2.24) is 0 Å². The van der Waals surface area contributed by atoms with E-state index in [4.69, 9.17) is 0 Å². The van der Waals surface area contributed by atoms with Gasteiger partial charge in [0, 0.05) is 18.5 Å². The lowest BCUT2D eigenvalue weighted by atomic mass is 9.85. The van der Waals surface area contributed by atoms with Gasteiger partial charge in [-0.05, 0) is 104 Å². The summed E-state index contributed by atoms with van der Waals surface area (Å²) in [4.78, 5) is 2.56. The Labute approximate surface area is 205 Å². The summed E-state index contributed by atoms with van der Waals surface area (Å²) < 4.78 is 0. The third kappa shape index (κ3) is 2.33. The van der Waals surface area contributed by atoms with E-state index in [1.807, 2.05) is 0 Å². The van der Waals surface area contributed by atoms with Gasteiger partial charge in [-0.3, -0.25) is 0 Å². The van der Waals surface area contributed by atoms with Crippen molar-refractivity contribution in [3.63, 3.8) is 0 Å². The lowest BCUT2D eigenvalue weighted by Crippen LogP contribution is -2.24. The molecule has 0 fully saturated rings. The second-order valence-electron chi connectivity index (χ2n) is 10.6. The second-order valence-corrected chi connectivity index (χ2v) is 10.6. The van der Waals surface area contributed by atoms with Crippen LogP contribution in [0, 0.1) is 0 Å². The third-order valence-corrected chi connectivity index (χ3v) is 8.66. The summed E-state index contributed by atoms with van der Waals surface area (Å²) in [6, 6.07) is 34.8. The molecule has 0 aromatic heterocycles. The van der Waals surface area contributed by atoms with Crippen molar-refractivity contribution in [3.05, 3.63) is 136 Å². The highest BCUT2D eigenvalue weighted by Gasteiger charge is 2.33. The van der Waals surface area contributed by atoms with E-state index in [2.05, 4.69) is 95.9 Å². The second kappa shape index (κ2) is 6.31. The molecule has 2 heterocycles. The van der Waals surface area contributed by atoms with Gasteiger partial charge in [-0.25, -0.2) is 0 Å². The molecule has 1 heteroatoms. The van der Waals surface area contributed by atoms with Crippen molar-refractivity contribution < 1.29 is 0 Å². The summed E-state index contributed by atoms with van der Waals surface area (Å²) in [5.74, 6) is 0. The smallest absolute Gasteiger partial charge is 0.0532 e. The number of rotatable bonds is 0. The maximum atomic E-state index is 2.56. The Kier molecular flexibility index (Phi) is 3.29. The Morgan fingerprint density at radius 1 is 0.371 bits per heavy atom. The Hall–Kier alpha value is -4.10. The zero-order valence-electron chi connectivity index (χ0n) is 19.4. The van der Waals surface area contributed by atoms with Crippen LogP contribution in [-0.2, 0) is 25.7 Å². The molecule has 9 rings (SSSR count). The molecular weight excluding hydrogens is 422 g/mol. The van der Waals surface area contributed by atoms with Crippen molar-refractivity contribution in [2.24, 2.45) is 0 Å². The number of hydrogen-bond donors (Lipinski definition) is 0. The summed E-state index contributed by atoms with van der Waals surface area (Å²) in [7, 11) is 0. The summed E-state index contributed by atoms with van der Waals surface area (Å²) in [5, 5.41) is 0. The van der Waals surface area contributed by atoms with Crippen LogP contribution in [0.2, 0.25) is 0 Å². The minimum atomic E-state index is 1.01. The average molecular weight is 446 g/mol. The molecule has 0 amide bonds. The molecule has 5 aromatic rings. The normalized spacial score (nSPS) is 14.9. The number of anilines is 3. The van der Waals surface area contributed by atoms with Crippen LogP contribution in [0.3, 0.4) is 0 Å².